The maximum Gasteiger partial charge on any atom is 0.125 e. The maximum absolute atomic E-state index is 13.5. The topological polar surface area (TPSA) is 15.3 Å². The lowest BCUT2D eigenvalue weighted by atomic mass is 9.99. The molecule has 0 aliphatic carbocycles. The zero-order valence-electron chi connectivity index (χ0n) is 11.7. The molecule has 2 unspecified atom stereocenters. The van der Waals surface area contributed by atoms with Crippen molar-refractivity contribution in [2.45, 2.75) is 39.8 Å². The van der Waals surface area contributed by atoms with Crippen LogP contribution in [0.1, 0.15) is 26.3 Å². The SMILES string of the molecule is Cc1cc(F)cc(N2CC(C(C)C)NCC2C)c1. The Hall–Kier alpha value is -1.09. The van der Waals surface area contributed by atoms with Crippen LogP contribution >= 0.6 is 0 Å². The number of rotatable bonds is 2. The van der Waals surface area contributed by atoms with Gasteiger partial charge in [-0.3, -0.25) is 0 Å². The first-order chi connectivity index (χ1) is 8.47. The van der Waals surface area contributed by atoms with Crippen molar-refractivity contribution in [3.63, 3.8) is 0 Å². The van der Waals surface area contributed by atoms with E-state index < -0.39 is 0 Å². The average Bonchev–Trinajstić information content (AvgIpc) is 2.27. The molecule has 1 aromatic carbocycles. The molecular formula is C15H23FN2. The normalized spacial score (nSPS) is 24.7. The minimum atomic E-state index is -0.142. The van der Waals surface area contributed by atoms with Crippen LogP contribution in [-0.4, -0.2) is 25.2 Å². The lowest BCUT2D eigenvalue weighted by Crippen LogP contribution is -2.57. The summed E-state index contributed by atoms with van der Waals surface area (Å²) in [6, 6.07) is 6.18. The first kappa shape index (κ1) is 13.3. The summed E-state index contributed by atoms with van der Waals surface area (Å²) in [6.45, 7) is 10.5. The summed E-state index contributed by atoms with van der Waals surface area (Å²) in [5.41, 5.74) is 1.99. The third-order valence-corrected chi connectivity index (χ3v) is 3.76. The average molecular weight is 250 g/mol. The molecule has 1 aromatic rings. The van der Waals surface area contributed by atoms with Gasteiger partial charge in [0, 0.05) is 30.9 Å². The van der Waals surface area contributed by atoms with Gasteiger partial charge >= 0.3 is 0 Å². The lowest BCUT2D eigenvalue weighted by Gasteiger charge is -2.42. The number of halogens is 1. The molecule has 1 N–H and O–H groups in total. The summed E-state index contributed by atoms with van der Waals surface area (Å²) in [4.78, 5) is 2.32. The molecule has 18 heavy (non-hydrogen) atoms. The van der Waals surface area contributed by atoms with Gasteiger partial charge in [0.2, 0.25) is 0 Å². The van der Waals surface area contributed by atoms with Crippen molar-refractivity contribution in [3.05, 3.63) is 29.6 Å². The molecule has 0 aromatic heterocycles. The van der Waals surface area contributed by atoms with Crippen LogP contribution in [0, 0.1) is 18.7 Å². The van der Waals surface area contributed by atoms with Gasteiger partial charge in [0.05, 0.1) is 0 Å². The molecule has 0 radical (unpaired) electrons. The van der Waals surface area contributed by atoms with Crippen molar-refractivity contribution in [1.29, 1.82) is 0 Å². The van der Waals surface area contributed by atoms with E-state index in [1.807, 2.05) is 6.92 Å². The van der Waals surface area contributed by atoms with Crippen LogP contribution in [0.5, 0.6) is 0 Å². The summed E-state index contributed by atoms with van der Waals surface area (Å²) < 4.78 is 13.5. The minimum Gasteiger partial charge on any atom is -0.366 e. The summed E-state index contributed by atoms with van der Waals surface area (Å²) in [5.74, 6) is 0.450. The Balaban J connectivity index is 2.23. The highest BCUT2D eigenvalue weighted by molar-refractivity contribution is 5.50. The second-order valence-corrected chi connectivity index (χ2v) is 5.75. The third-order valence-electron chi connectivity index (χ3n) is 3.76. The number of benzene rings is 1. The van der Waals surface area contributed by atoms with Crippen LogP contribution in [-0.2, 0) is 0 Å². The van der Waals surface area contributed by atoms with Crippen molar-refractivity contribution in [1.82, 2.24) is 5.32 Å². The summed E-state index contributed by atoms with van der Waals surface area (Å²) in [6.07, 6.45) is 0. The van der Waals surface area contributed by atoms with E-state index >= 15 is 0 Å². The minimum absolute atomic E-state index is 0.142. The van der Waals surface area contributed by atoms with Gasteiger partial charge in [-0.2, -0.15) is 0 Å². The Kier molecular flexibility index (Phi) is 3.91. The van der Waals surface area contributed by atoms with E-state index in [1.165, 1.54) is 0 Å². The zero-order chi connectivity index (χ0) is 13.3. The number of piperazine rings is 1. The molecule has 1 saturated heterocycles. The predicted molar refractivity (Wildman–Crippen MR) is 74.6 cm³/mol. The van der Waals surface area contributed by atoms with Crippen molar-refractivity contribution in [2.75, 3.05) is 18.0 Å². The quantitative estimate of drug-likeness (QED) is 0.868. The van der Waals surface area contributed by atoms with Crippen LogP contribution in [0.2, 0.25) is 0 Å². The highest BCUT2D eigenvalue weighted by Gasteiger charge is 2.27. The van der Waals surface area contributed by atoms with E-state index in [0.29, 0.717) is 18.0 Å². The number of hydrogen-bond acceptors (Lipinski definition) is 2. The van der Waals surface area contributed by atoms with E-state index in [-0.39, 0.29) is 5.82 Å². The first-order valence-electron chi connectivity index (χ1n) is 6.74. The molecule has 2 nitrogen and oxygen atoms in total. The van der Waals surface area contributed by atoms with Crippen molar-refractivity contribution >= 4 is 5.69 Å². The highest BCUT2D eigenvalue weighted by Crippen LogP contribution is 2.24. The van der Waals surface area contributed by atoms with Crippen LogP contribution in [0.15, 0.2) is 18.2 Å². The second kappa shape index (κ2) is 5.27. The Morgan fingerprint density at radius 1 is 1.33 bits per heavy atom. The van der Waals surface area contributed by atoms with Gasteiger partial charge in [-0.05, 0) is 43.5 Å². The molecule has 0 bridgehead atoms. The fourth-order valence-corrected chi connectivity index (χ4v) is 2.58. The molecule has 0 spiro atoms. The monoisotopic (exact) mass is 250 g/mol. The molecule has 0 saturated carbocycles. The van der Waals surface area contributed by atoms with Gasteiger partial charge in [-0.25, -0.2) is 4.39 Å². The third kappa shape index (κ3) is 2.83. The van der Waals surface area contributed by atoms with Gasteiger partial charge in [-0.15, -0.1) is 0 Å². The Morgan fingerprint density at radius 2 is 2.06 bits per heavy atom. The van der Waals surface area contributed by atoms with Gasteiger partial charge in [0.25, 0.3) is 0 Å². The van der Waals surface area contributed by atoms with Gasteiger partial charge in [-0.1, -0.05) is 13.8 Å². The standard InChI is InChI=1S/C15H23FN2/c1-10(2)15-9-18(12(4)8-17-15)14-6-11(3)5-13(16)7-14/h5-7,10,12,15,17H,8-9H2,1-4H3. The summed E-state index contributed by atoms with van der Waals surface area (Å²) in [7, 11) is 0. The molecule has 1 fully saturated rings. The smallest absolute Gasteiger partial charge is 0.125 e. The summed E-state index contributed by atoms with van der Waals surface area (Å²) in [5, 5.41) is 3.56. The van der Waals surface area contributed by atoms with E-state index in [2.05, 4.69) is 37.1 Å². The summed E-state index contributed by atoms with van der Waals surface area (Å²) >= 11 is 0. The van der Waals surface area contributed by atoms with Crippen molar-refractivity contribution < 1.29 is 4.39 Å². The largest absolute Gasteiger partial charge is 0.366 e. The molecule has 100 valence electrons. The number of nitrogens with zero attached hydrogens (tertiary/aromatic N) is 1. The zero-order valence-corrected chi connectivity index (χ0v) is 11.7. The Labute approximate surface area is 109 Å². The van der Waals surface area contributed by atoms with Crippen LogP contribution < -0.4 is 10.2 Å². The molecular weight excluding hydrogens is 227 g/mol. The van der Waals surface area contributed by atoms with E-state index in [9.17, 15) is 4.39 Å². The predicted octanol–water partition coefficient (Wildman–Crippen LogP) is 2.96. The van der Waals surface area contributed by atoms with Crippen LogP contribution in [0.3, 0.4) is 0 Å². The molecule has 1 heterocycles. The molecule has 2 rings (SSSR count). The first-order valence-corrected chi connectivity index (χ1v) is 6.74. The van der Waals surface area contributed by atoms with Gasteiger partial charge in [0.1, 0.15) is 5.82 Å². The molecule has 0 amide bonds. The highest BCUT2D eigenvalue weighted by atomic mass is 19.1. The molecule has 2 atom stereocenters. The molecule has 1 aliphatic rings. The fraction of sp³-hybridized carbons (Fsp3) is 0.600. The van der Waals surface area contributed by atoms with Gasteiger partial charge in [0.15, 0.2) is 0 Å². The fourth-order valence-electron chi connectivity index (χ4n) is 2.58. The molecule has 1 aliphatic heterocycles. The maximum atomic E-state index is 13.5. The Morgan fingerprint density at radius 3 is 2.67 bits per heavy atom. The van der Waals surface area contributed by atoms with Crippen LogP contribution in [0.25, 0.3) is 0 Å². The lowest BCUT2D eigenvalue weighted by molar-refractivity contribution is 0.337. The second-order valence-electron chi connectivity index (χ2n) is 5.75. The van der Waals surface area contributed by atoms with E-state index in [0.717, 1.165) is 24.3 Å². The van der Waals surface area contributed by atoms with Gasteiger partial charge < -0.3 is 10.2 Å². The van der Waals surface area contributed by atoms with E-state index in [4.69, 9.17) is 0 Å². The number of anilines is 1. The number of hydrogen-bond donors (Lipinski definition) is 1. The number of nitrogens with one attached hydrogen (secondary N) is 1. The number of aryl methyl sites for hydroxylation is 1. The van der Waals surface area contributed by atoms with Crippen molar-refractivity contribution in [2.24, 2.45) is 5.92 Å². The van der Waals surface area contributed by atoms with Crippen LogP contribution in [0.4, 0.5) is 10.1 Å². The Bertz CT molecular complexity index is 397. The van der Waals surface area contributed by atoms with E-state index in [1.54, 1.807) is 12.1 Å². The molecule has 3 heteroatoms. The van der Waals surface area contributed by atoms with Crippen molar-refractivity contribution in [3.8, 4) is 0 Å².